The summed E-state index contributed by atoms with van der Waals surface area (Å²) in [6.07, 6.45) is 0.652. The molecule has 0 aliphatic rings. The van der Waals surface area contributed by atoms with Crippen LogP contribution >= 0.6 is 0 Å². The molecule has 1 aromatic heterocycles. The van der Waals surface area contributed by atoms with Gasteiger partial charge in [-0.3, -0.25) is 9.82 Å². The highest BCUT2D eigenvalue weighted by atomic mass is 32.2. The maximum atomic E-state index is 13.4. The van der Waals surface area contributed by atoms with Crippen molar-refractivity contribution < 1.29 is 17.2 Å². The number of nitrogens with zero attached hydrogens (tertiary/aromatic N) is 1. The number of hydrogen-bond donors (Lipinski definition) is 2. The SMILES string of the molecule is CCc1cc(NS(=O)(=O)c2ccc(F)cc2F)n[nH]1. The zero-order valence-corrected chi connectivity index (χ0v) is 10.8. The van der Waals surface area contributed by atoms with Gasteiger partial charge in [-0.15, -0.1) is 0 Å². The molecule has 0 radical (unpaired) electrons. The molecule has 0 aliphatic heterocycles. The second-order valence-electron chi connectivity index (χ2n) is 3.81. The monoisotopic (exact) mass is 287 g/mol. The van der Waals surface area contributed by atoms with Gasteiger partial charge in [-0.2, -0.15) is 5.10 Å². The van der Waals surface area contributed by atoms with E-state index in [9.17, 15) is 17.2 Å². The fourth-order valence-electron chi connectivity index (χ4n) is 1.48. The molecule has 8 heteroatoms. The fraction of sp³-hybridized carbons (Fsp3) is 0.182. The number of H-pyrrole nitrogens is 1. The Morgan fingerprint density at radius 1 is 1.32 bits per heavy atom. The van der Waals surface area contributed by atoms with E-state index in [0.29, 0.717) is 12.5 Å². The third kappa shape index (κ3) is 2.90. The quantitative estimate of drug-likeness (QED) is 0.903. The minimum absolute atomic E-state index is 0.0561. The van der Waals surface area contributed by atoms with Gasteiger partial charge in [0.05, 0.1) is 0 Å². The highest BCUT2D eigenvalue weighted by Crippen LogP contribution is 2.19. The Hall–Kier alpha value is -1.96. The minimum atomic E-state index is -4.13. The highest BCUT2D eigenvalue weighted by molar-refractivity contribution is 7.92. The van der Waals surface area contributed by atoms with Gasteiger partial charge in [-0.05, 0) is 18.6 Å². The van der Waals surface area contributed by atoms with Crippen molar-refractivity contribution in [2.45, 2.75) is 18.2 Å². The first-order valence-corrected chi connectivity index (χ1v) is 6.93. The first kappa shape index (κ1) is 13.5. The van der Waals surface area contributed by atoms with E-state index in [0.717, 1.165) is 17.8 Å². The summed E-state index contributed by atoms with van der Waals surface area (Å²) in [5, 5.41) is 6.36. The molecule has 2 N–H and O–H groups in total. The molecule has 0 saturated heterocycles. The zero-order chi connectivity index (χ0) is 14.0. The number of anilines is 1. The van der Waals surface area contributed by atoms with E-state index in [1.54, 1.807) is 0 Å². The van der Waals surface area contributed by atoms with E-state index < -0.39 is 26.6 Å². The molecule has 1 aromatic carbocycles. The molecule has 0 spiro atoms. The summed E-state index contributed by atoms with van der Waals surface area (Å²) in [6.45, 7) is 1.87. The maximum absolute atomic E-state index is 13.4. The lowest BCUT2D eigenvalue weighted by Gasteiger charge is -2.06. The number of hydrogen-bond acceptors (Lipinski definition) is 3. The standard InChI is InChI=1S/C11H11F2N3O2S/c1-2-8-6-11(15-14-8)16-19(17,18)10-4-3-7(12)5-9(10)13/h3-6H,2H2,1H3,(H2,14,15,16). The van der Waals surface area contributed by atoms with Gasteiger partial charge < -0.3 is 0 Å². The van der Waals surface area contributed by atoms with Crippen molar-refractivity contribution in [3.05, 3.63) is 41.6 Å². The molecule has 102 valence electrons. The predicted octanol–water partition coefficient (Wildman–Crippen LogP) is 2.05. The lowest BCUT2D eigenvalue weighted by Crippen LogP contribution is -2.15. The van der Waals surface area contributed by atoms with E-state index in [4.69, 9.17) is 0 Å². The Morgan fingerprint density at radius 2 is 2.05 bits per heavy atom. The van der Waals surface area contributed by atoms with Crippen molar-refractivity contribution in [1.82, 2.24) is 10.2 Å². The van der Waals surface area contributed by atoms with Crippen molar-refractivity contribution in [2.75, 3.05) is 4.72 Å². The van der Waals surface area contributed by atoms with Crippen LogP contribution in [0.2, 0.25) is 0 Å². The molecule has 2 aromatic rings. The van der Waals surface area contributed by atoms with E-state index in [-0.39, 0.29) is 5.82 Å². The molecule has 0 saturated carbocycles. The molecular formula is C11H11F2N3O2S. The Morgan fingerprint density at radius 3 is 2.63 bits per heavy atom. The zero-order valence-electron chi connectivity index (χ0n) is 9.94. The van der Waals surface area contributed by atoms with Gasteiger partial charge in [0.25, 0.3) is 10.0 Å². The van der Waals surface area contributed by atoms with Crippen LogP contribution in [0.5, 0.6) is 0 Å². The van der Waals surface area contributed by atoms with Crippen molar-refractivity contribution >= 4 is 15.8 Å². The summed E-state index contributed by atoms with van der Waals surface area (Å²) < 4.78 is 52.1. The first-order valence-electron chi connectivity index (χ1n) is 5.44. The molecule has 5 nitrogen and oxygen atoms in total. The lowest BCUT2D eigenvalue weighted by molar-refractivity contribution is 0.551. The van der Waals surface area contributed by atoms with Crippen molar-refractivity contribution in [1.29, 1.82) is 0 Å². The summed E-state index contributed by atoms with van der Waals surface area (Å²) in [7, 11) is -4.13. The number of halogens is 2. The van der Waals surface area contributed by atoms with E-state index in [2.05, 4.69) is 14.9 Å². The van der Waals surface area contributed by atoms with Crippen molar-refractivity contribution in [3.8, 4) is 0 Å². The van der Waals surface area contributed by atoms with Crippen LogP contribution in [-0.4, -0.2) is 18.6 Å². The van der Waals surface area contributed by atoms with Crippen LogP contribution < -0.4 is 4.72 Å². The van der Waals surface area contributed by atoms with Gasteiger partial charge >= 0.3 is 0 Å². The minimum Gasteiger partial charge on any atom is -0.280 e. The number of aromatic nitrogens is 2. The van der Waals surface area contributed by atoms with Crippen LogP contribution in [0.4, 0.5) is 14.6 Å². The van der Waals surface area contributed by atoms with Crippen LogP contribution in [0.3, 0.4) is 0 Å². The second kappa shape index (κ2) is 4.96. The van der Waals surface area contributed by atoms with Gasteiger partial charge in [-0.1, -0.05) is 6.92 Å². The lowest BCUT2D eigenvalue weighted by atomic mass is 10.3. The van der Waals surface area contributed by atoms with Crippen LogP contribution in [0.15, 0.2) is 29.2 Å². The summed E-state index contributed by atoms with van der Waals surface area (Å²) in [5.74, 6) is -1.94. The predicted molar refractivity (Wildman–Crippen MR) is 65.1 cm³/mol. The first-order chi connectivity index (χ1) is 8.92. The van der Waals surface area contributed by atoms with E-state index in [1.165, 1.54) is 6.07 Å². The average Bonchev–Trinajstić information content (AvgIpc) is 2.75. The summed E-state index contributed by atoms with van der Waals surface area (Å²) in [4.78, 5) is -0.630. The molecule has 2 rings (SSSR count). The number of rotatable bonds is 4. The summed E-state index contributed by atoms with van der Waals surface area (Å²) in [5.41, 5.74) is 0.734. The summed E-state index contributed by atoms with van der Waals surface area (Å²) >= 11 is 0. The van der Waals surface area contributed by atoms with Crippen LogP contribution in [0.1, 0.15) is 12.6 Å². The van der Waals surface area contributed by atoms with Crippen LogP contribution in [0, 0.1) is 11.6 Å². The molecule has 1 heterocycles. The molecule has 0 bridgehead atoms. The Bertz CT molecular complexity index is 698. The second-order valence-corrected chi connectivity index (χ2v) is 5.46. The van der Waals surface area contributed by atoms with Crippen molar-refractivity contribution in [2.24, 2.45) is 0 Å². The summed E-state index contributed by atoms with van der Waals surface area (Å²) in [6, 6.07) is 3.75. The Kier molecular flexibility index (Phi) is 3.52. The average molecular weight is 287 g/mol. The fourth-order valence-corrected chi connectivity index (χ4v) is 2.53. The topological polar surface area (TPSA) is 74.8 Å². The third-order valence-electron chi connectivity index (χ3n) is 2.43. The van der Waals surface area contributed by atoms with Gasteiger partial charge in [0.2, 0.25) is 0 Å². The van der Waals surface area contributed by atoms with Crippen LogP contribution in [0.25, 0.3) is 0 Å². The van der Waals surface area contributed by atoms with Gasteiger partial charge in [-0.25, -0.2) is 17.2 Å². The van der Waals surface area contributed by atoms with Gasteiger partial charge in [0.1, 0.15) is 16.5 Å². The maximum Gasteiger partial charge on any atom is 0.266 e. The normalized spacial score (nSPS) is 11.5. The molecule has 0 amide bonds. The molecule has 19 heavy (non-hydrogen) atoms. The van der Waals surface area contributed by atoms with Gasteiger partial charge in [0, 0.05) is 17.8 Å². The molecular weight excluding hydrogens is 276 g/mol. The highest BCUT2D eigenvalue weighted by Gasteiger charge is 2.20. The van der Waals surface area contributed by atoms with Gasteiger partial charge in [0.15, 0.2) is 5.82 Å². The number of benzene rings is 1. The van der Waals surface area contributed by atoms with Crippen molar-refractivity contribution in [3.63, 3.8) is 0 Å². The smallest absolute Gasteiger partial charge is 0.266 e. The Labute approximate surface area is 108 Å². The Balaban J connectivity index is 2.32. The largest absolute Gasteiger partial charge is 0.280 e. The van der Waals surface area contributed by atoms with E-state index in [1.807, 2.05) is 6.92 Å². The molecule has 0 fully saturated rings. The number of nitrogens with one attached hydrogen (secondary N) is 2. The number of aryl methyl sites for hydroxylation is 1. The number of aromatic amines is 1. The van der Waals surface area contributed by atoms with E-state index >= 15 is 0 Å². The number of sulfonamides is 1. The molecule has 0 atom stereocenters. The molecule has 0 aliphatic carbocycles. The third-order valence-corrected chi connectivity index (χ3v) is 3.82. The molecule has 0 unspecified atom stereocenters. The van der Waals surface area contributed by atoms with Crippen LogP contribution in [-0.2, 0) is 16.4 Å².